The highest BCUT2D eigenvalue weighted by Crippen LogP contribution is 2.28. The monoisotopic (exact) mass is 217 g/mol. The summed E-state index contributed by atoms with van der Waals surface area (Å²) in [6, 6.07) is 0. The van der Waals surface area contributed by atoms with E-state index in [4.69, 9.17) is 20.9 Å². The van der Waals surface area contributed by atoms with Crippen LogP contribution in [0.25, 0.3) is 0 Å². The van der Waals surface area contributed by atoms with E-state index in [1.54, 1.807) is 20.9 Å². The van der Waals surface area contributed by atoms with Gasteiger partial charge in [-0.15, -0.1) is 0 Å². The maximum atomic E-state index is 9.80. The molecule has 1 rings (SSSR count). The molecule has 1 aliphatic heterocycles. The van der Waals surface area contributed by atoms with Crippen molar-refractivity contribution in [3.05, 3.63) is 11.5 Å². The Labute approximate surface area is 89.2 Å². The molecule has 0 bridgehead atoms. The van der Waals surface area contributed by atoms with Gasteiger partial charge in [0.25, 0.3) is 0 Å². The van der Waals surface area contributed by atoms with Crippen LogP contribution in [0.4, 0.5) is 0 Å². The lowest BCUT2D eigenvalue weighted by Gasteiger charge is -2.38. The molecule has 6 N–H and O–H groups in total. The van der Waals surface area contributed by atoms with Crippen LogP contribution in [0.3, 0.4) is 0 Å². The molecule has 0 aromatic rings. The van der Waals surface area contributed by atoms with Crippen LogP contribution in [0.2, 0.25) is 0 Å². The summed E-state index contributed by atoms with van der Waals surface area (Å²) in [7, 11) is 1.73. The third-order valence-corrected chi connectivity index (χ3v) is 2.32. The molecule has 15 heavy (non-hydrogen) atoms. The zero-order chi connectivity index (χ0) is 11.6. The summed E-state index contributed by atoms with van der Waals surface area (Å²) in [5, 5.41) is 12.6. The number of aliphatic hydroxyl groups excluding tert-OH is 1. The first-order chi connectivity index (χ1) is 6.90. The molecule has 0 aromatic heterocycles. The average Bonchev–Trinajstić information content (AvgIpc) is 2.15. The lowest BCUT2D eigenvalue weighted by Crippen LogP contribution is -2.55. The van der Waals surface area contributed by atoms with Crippen LogP contribution in [0.1, 0.15) is 13.8 Å². The van der Waals surface area contributed by atoms with E-state index in [2.05, 4.69) is 5.32 Å². The van der Waals surface area contributed by atoms with Crippen LogP contribution in [-0.2, 0) is 9.47 Å². The topological polar surface area (TPSA) is 103 Å². The number of nitrogens with one attached hydrogen (secondary N) is 1. The fourth-order valence-electron chi connectivity index (χ4n) is 1.44. The standard InChI is InChI=1S/C9H19N3O3/c1-5-6(13)7(14-4-12-3)8(10)9(2,11)15-5/h5-6,12-13H,4,10-11H2,1-3H3. The van der Waals surface area contributed by atoms with Crippen LogP contribution >= 0.6 is 0 Å². The first-order valence-electron chi connectivity index (χ1n) is 4.82. The zero-order valence-corrected chi connectivity index (χ0v) is 9.28. The molecule has 0 radical (unpaired) electrons. The van der Waals surface area contributed by atoms with Crippen molar-refractivity contribution in [2.45, 2.75) is 31.8 Å². The predicted molar refractivity (Wildman–Crippen MR) is 55.4 cm³/mol. The minimum atomic E-state index is -1.10. The molecule has 0 saturated heterocycles. The Morgan fingerprint density at radius 3 is 2.80 bits per heavy atom. The number of nitrogens with two attached hydrogens (primary N) is 2. The van der Waals surface area contributed by atoms with Crippen molar-refractivity contribution in [3.63, 3.8) is 0 Å². The molecule has 1 aliphatic rings. The van der Waals surface area contributed by atoms with E-state index < -0.39 is 17.9 Å². The lowest BCUT2D eigenvalue weighted by molar-refractivity contribution is -0.124. The van der Waals surface area contributed by atoms with E-state index >= 15 is 0 Å². The molecule has 0 saturated carbocycles. The Morgan fingerprint density at radius 1 is 1.67 bits per heavy atom. The van der Waals surface area contributed by atoms with Gasteiger partial charge in [0.1, 0.15) is 12.8 Å². The molecule has 1 heterocycles. The van der Waals surface area contributed by atoms with Crippen LogP contribution in [0, 0.1) is 0 Å². The van der Waals surface area contributed by atoms with Gasteiger partial charge in [0.05, 0.1) is 11.8 Å². The predicted octanol–water partition coefficient (Wildman–Crippen LogP) is -1.20. The Kier molecular flexibility index (Phi) is 3.56. The number of hydrogen-bond acceptors (Lipinski definition) is 6. The van der Waals surface area contributed by atoms with Crippen molar-refractivity contribution in [2.75, 3.05) is 13.8 Å². The third kappa shape index (κ3) is 2.40. The van der Waals surface area contributed by atoms with Crippen molar-refractivity contribution in [3.8, 4) is 0 Å². The molecule has 0 spiro atoms. The van der Waals surface area contributed by atoms with Gasteiger partial charge >= 0.3 is 0 Å². The summed E-state index contributed by atoms with van der Waals surface area (Å²) in [6.45, 7) is 3.61. The maximum Gasteiger partial charge on any atom is 0.158 e. The second-order valence-electron chi connectivity index (χ2n) is 3.80. The summed E-state index contributed by atoms with van der Waals surface area (Å²) in [5.74, 6) is 0.285. The van der Waals surface area contributed by atoms with Gasteiger partial charge in [-0.1, -0.05) is 0 Å². The second-order valence-corrected chi connectivity index (χ2v) is 3.80. The largest absolute Gasteiger partial charge is 0.478 e. The Balaban J connectivity index is 2.93. The molecule has 6 nitrogen and oxygen atoms in total. The van der Waals surface area contributed by atoms with Gasteiger partial charge in [0, 0.05) is 0 Å². The first kappa shape index (κ1) is 12.3. The van der Waals surface area contributed by atoms with Gasteiger partial charge < -0.3 is 20.3 Å². The minimum absolute atomic E-state index is 0.225. The van der Waals surface area contributed by atoms with Gasteiger partial charge in [-0.25, -0.2) is 0 Å². The summed E-state index contributed by atoms with van der Waals surface area (Å²) < 4.78 is 10.6. The van der Waals surface area contributed by atoms with Crippen molar-refractivity contribution in [1.29, 1.82) is 0 Å². The normalized spacial score (nSPS) is 36.9. The van der Waals surface area contributed by atoms with Crippen LogP contribution in [-0.4, -0.2) is 36.8 Å². The highest BCUT2D eigenvalue weighted by molar-refractivity contribution is 5.22. The lowest BCUT2D eigenvalue weighted by atomic mass is 10.0. The average molecular weight is 217 g/mol. The molecule has 0 aliphatic carbocycles. The Morgan fingerprint density at radius 2 is 2.27 bits per heavy atom. The molecule has 0 amide bonds. The molecule has 0 fully saturated rings. The number of aliphatic hydroxyl groups is 1. The van der Waals surface area contributed by atoms with E-state index in [0.29, 0.717) is 0 Å². The third-order valence-electron chi connectivity index (χ3n) is 2.32. The number of ether oxygens (including phenoxy) is 2. The summed E-state index contributed by atoms with van der Waals surface area (Å²) in [5.41, 5.74) is 10.7. The fourth-order valence-corrected chi connectivity index (χ4v) is 1.44. The van der Waals surface area contributed by atoms with Crippen molar-refractivity contribution < 1.29 is 14.6 Å². The number of rotatable bonds is 3. The molecule has 88 valence electrons. The van der Waals surface area contributed by atoms with Crippen LogP contribution in [0.5, 0.6) is 0 Å². The van der Waals surface area contributed by atoms with Crippen LogP contribution < -0.4 is 16.8 Å². The van der Waals surface area contributed by atoms with E-state index in [1.165, 1.54) is 0 Å². The fraction of sp³-hybridized carbons (Fsp3) is 0.778. The Bertz CT molecular complexity index is 265. The van der Waals surface area contributed by atoms with Gasteiger partial charge in [-0.3, -0.25) is 11.1 Å². The van der Waals surface area contributed by atoms with Gasteiger partial charge in [-0.2, -0.15) is 0 Å². The molecule has 3 atom stereocenters. The highest BCUT2D eigenvalue weighted by Gasteiger charge is 2.40. The zero-order valence-electron chi connectivity index (χ0n) is 9.28. The molecule has 6 heteroatoms. The SMILES string of the molecule is CNCOC1=C(N)C(C)(N)OC(C)C1O. The summed E-state index contributed by atoms with van der Waals surface area (Å²) >= 11 is 0. The van der Waals surface area contributed by atoms with Crippen molar-refractivity contribution >= 4 is 0 Å². The van der Waals surface area contributed by atoms with Gasteiger partial charge in [-0.05, 0) is 20.9 Å². The maximum absolute atomic E-state index is 9.80. The molecular weight excluding hydrogens is 198 g/mol. The summed E-state index contributed by atoms with van der Waals surface area (Å²) in [6.07, 6.45) is -1.32. The number of hydrogen-bond donors (Lipinski definition) is 4. The van der Waals surface area contributed by atoms with Crippen molar-refractivity contribution in [2.24, 2.45) is 11.5 Å². The minimum Gasteiger partial charge on any atom is -0.478 e. The Hall–Kier alpha value is -0.820. The van der Waals surface area contributed by atoms with Crippen LogP contribution in [0.15, 0.2) is 11.5 Å². The molecule has 0 aromatic carbocycles. The quantitative estimate of drug-likeness (QED) is 0.443. The van der Waals surface area contributed by atoms with E-state index in [9.17, 15) is 5.11 Å². The van der Waals surface area contributed by atoms with E-state index in [-0.39, 0.29) is 18.2 Å². The van der Waals surface area contributed by atoms with Gasteiger partial charge in [0.15, 0.2) is 11.5 Å². The molecular formula is C9H19N3O3. The second kappa shape index (κ2) is 4.36. The van der Waals surface area contributed by atoms with E-state index in [0.717, 1.165) is 0 Å². The highest BCUT2D eigenvalue weighted by atomic mass is 16.6. The first-order valence-corrected chi connectivity index (χ1v) is 4.82. The molecule has 3 unspecified atom stereocenters. The van der Waals surface area contributed by atoms with E-state index in [1.807, 2.05) is 0 Å². The summed E-state index contributed by atoms with van der Waals surface area (Å²) in [4.78, 5) is 0. The van der Waals surface area contributed by atoms with Crippen molar-refractivity contribution in [1.82, 2.24) is 5.32 Å². The van der Waals surface area contributed by atoms with Gasteiger partial charge in [0.2, 0.25) is 0 Å². The smallest absolute Gasteiger partial charge is 0.158 e.